The number of carbonyl (C=O) groups excluding carboxylic acids is 1. The quantitative estimate of drug-likeness (QED) is 0.433. The van der Waals surface area contributed by atoms with Gasteiger partial charge in [-0.2, -0.15) is 0 Å². The summed E-state index contributed by atoms with van der Waals surface area (Å²) in [6.45, 7) is 0.585. The number of hydrogen-bond acceptors (Lipinski definition) is 3. The van der Waals surface area contributed by atoms with Gasteiger partial charge >= 0.3 is 5.97 Å². The Morgan fingerprint density at radius 2 is 2.22 bits per heavy atom. The van der Waals surface area contributed by atoms with Gasteiger partial charge in [0.25, 0.3) is 0 Å². The van der Waals surface area contributed by atoms with Crippen LogP contribution in [0.25, 0.3) is 0 Å². The van der Waals surface area contributed by atoms with E-state index in [1.54, 1.807) is 0 Å². The van der Waals surface area contributed by atoms with Gasteiger partial charge in [-0.25, -0.2) is 4.39 Å². The van der Waals surface area contributed by atoms with E-state index in [1.807, 2.05) is 12.2 Å². The van der Waals surface area contributed by atoms with Gasteiger partial charge in [-0.1, -0.05) is 12.2 Å². The molecule has 0 aromatic heterocycles. The van der Waals surface area contributed by atoms with Crippen molar-refractivity contribution in [2.24, 2.45) is 17.6 Å². The van der Waals surface area contributed by atoms with E-state index >= 15 is 0 Å². The number of allylic oxidation sites excluding steroid dienone is 2. The molecule has 0 amide bonds. The molecule has 1 aliphatic carbocycles. The molecule has 18 heavy (non-hydrogen) atoms. The van der Waals surface area contributed by atoms with Crippen LogP contribution in [0.2, 0.25) is 0 Å². The van der Waals surface area contributed by atoms with Crippen molar-refractivity contribution in [3.8, 4) is 0 Å². The second kappa shape index (κ2) is 8.25. The summed E-state index contributed by atoms with van der Waals surface area (Å²) in [7, 11) is 1.40. The van der Waals surface area contributed by atoms with Crippen molar-refractivity contribution >= 4 is 5.97 Å². The topological polar surface area (TPSA) is 52.3 Å². The van der Waals surface area contributed by atoms with Crippen molar-refractivity contribution in [1.82, 2.24) is 0 Å². The van der Waals surface area contributed by atoms with E-state index in [0.29, 0.717) is 25.3 Å². The lowest BCUT2D eigenvalue weighted by molar-refractivity contribution is -0.140. The molecule has 1 fully saturated rings. The summed E-state index contributed by atoms with van der Waals surface area (Å²) in [5.74, 6) is 0.248. The number of unbranched alkanes of at least 4 members (excludes halogenated alkanes) is 1. The van der Waals surface area contributed by atoms with Crippen molar-refractivity contribution < 1.29 is 13.9 Å². The second-order valence-corrected chi connectivity index (χ2v) is 4.93. The number of esters is 1. The van der Waals surface area contributed by atoms with Crippen molar-refractivity contribution in [3.05, 3.63) is 12.2 Å². The lowest BCUT2D eigenvalue weighted by Gasteiger charge is -2.17. The van der Waals surface area contributed by atoms with Crippen LogP contribution in [-0.2, 0) is 9.53 Å². The van der Waals surface area contributed by atoms with E-state index < -0.39 is 6.17 Å². The molecule has 2 N–H and O–H groups in total. The zero-order valence-corrected chi connectivity index (χ0v) is 11.1. The molecule has 3 nitrogen and oxygen atoms in total. The third-order valence-electron chi connectivity index (χ3n) is 3.74. The maximum atomic E-state index is 13.6. The molecule has 3 atom stereocenters. The van der Waals surface area contributed by atoms with Crippen molar-refractivity contribution in [2.75, 3.05) is 13.7 Å². The average Bonchev–Trinajstić information content (AvgIpc) is 2.74. The first-order chi connectivity index (χ1) is 8.69. The van der Waals surface area contributed by atoms with Gasteiger partial charge in [-0.3, -0.25) is 4.79 Å². The molecule has 0 aliphatic heterocycles. The third-order valence-corrected chi connectivity index (χ3v) is 3.74. The number of nitrogens with two attached hydrogens (primary N) is 1. The molecule has 0 unspecified atom stereocenters. The van der Waals surface area contributed by atoms with Crippen LogP contribution in [0.15, 0.2) is 12.2 Å². The van der Waals surface area contributed by atoms with Crippen LogP contribution < -0.4 is 5.73 Å². The molecule has 0 aromatic rings. The first-order valence-electron chi connectivity index (χ1n) is 6.75. The number of halogens is 1. The lowest BCUT2D eigenvalue weighted by atomic mass is 9.92. The molecule has 1 aliphatic rings. The number of carbonyl (C=O) groups is 1. The Balaban J connectivity index is 2.17. The number of hydrogen-bond donors (Lipinski definition) is 1. The molecule has 104 valence electrons. The van der Waals surface area contributed by atoms with E-state index in [4.69, 9.17) is 5.73 Å². The van der Waals surface area contributed by atoms with Crippen LogP contribution in [0.3, 0.4) is 0 Å². The highest BCUT2D eigenvalue weighted by atomic mass is 19.1. The smallest absolute Gasteiger partial charge is 0.305 e. The minimum absolute atomic E-state index is 0.0897. The predicted molar refractivity (Wildman–Crippen MR) is 69.8 cm³/mol. The maximum Gasteiger partial charge on any atom is 0.305 e. The van der Waals surface area contributed by atoms with E-state index in [1.165, 1.54) is 7.11 Å². The molecule has 0 bridgehead atoms. The van der Waals surface area contributed by atoms with Crippen molar-refractivity contribution in [2.45, 2.75) is 44.7 Å². The van der Waals surface area contributed by atoms with Gasteiger partial charge in [0.15, 0.2) is 0 Å². The molecule has 1 saturated carbocycles. The highest BCUT2D eigenvalue weighted by molar-refractivity contribution is 5.68. The van der Waals surface area contributed by atoms with E-state index in [0.717, 1.165) is 25.7 Å². The molecule has 0 aromatic carbocycles. The Morgan fingerprint density at radius 3 is 2.89 bits per heavy atom. The zero-order valence-electron chi connectivity index (χ0n) is 11.1. The predicted octanol–water partition coefficient (Wildman–Crippen LogP) is 2.60. The zero-order chi connectivity index (χ0) is 13.4. The summed E-state index contributed by atoms with van der Waals surface area (Å²) in [4.78, 5) is 10.9. The standard InChI is InChI=1S/C14H24FNO2/c1-18-14(17)7-5-3-2-4-6-12-11(10-16)8-9-13(12)15/h2,4,11-13H,3,5-10,16H2,1H3/b4-2-/t11-,12-,13-/m1/s1. The van der Waals surface area contributed by atoms with Crippen LogP contribution in [-0.4, -0.2) is 25.8 Å². The molecule has 0 saturated heterocycles. The van der Waals surface area contributed by atoms with Crippen LogP contribution in [0.5, 0.6) is 0 Å². The minimum Gasteiger partial charge on any atom is -0.469 e. The molecule has 1 rings (SSSR count). The fourth-order valence-corrected chi connectivity index (χ4v) is 2.57. The van der Waals surface area contributed by atoms with Gasteiger partial charge < -0.3 is 10.5 Å². The molecular formula is C14H24FNO2. The van der Waals surface area contributed by atoms with Crippen LogP contribution >= 0.6 is 0 Å². The molecule has 0 radical (unpaired) electrons. The van der Waals surface area contributed by atoms with E-state index in [9.17, 15) is 9.18 Å². The van der Waals surface area contributed by atoms with Gasteiger partial charge in [0.2, 0.25) is 0 Å². The largest absolute Gasteiger partial charge is 0.469 e. The van der Waals surface area contributed by atoms with E-state index in [-0.39, 0.29) is 11.9 Å². The minimum atomic E-state index is -0.696. The summed E-state index contributed by atoms with van der Waals surface area (Å²) >= 11 is 0. The van der Waals surface area contributed by atoms with Crippen LogP contribution in [0, 0.1) is 11.8 Å². The monoisotopic (exact) mass is 257 g/mol. The Labute approximate surface area is 109 Å². The van der Waals surface area contributed by atoms with Gasteiger partial charge in [0.1, 0.15) is 6.17 Å². The summed E-state index contributed by atoms with van der Waals surface area (Å²) in [6, 6.07) is 0. The van der Waals surface area contributed by atoms with Gasteiger partial charge in [-0.05, 0) is 50.5 Å². The average molecular weight is 257 g/mol. The lowest BCUT2D eigenvalue weighted by Crippen LogP contribution is -2.22. The molecule has 0 heterocycles. The Hall–Kier alpha value is -0.900. The number of methoxy groups -OCH3 is 1. The Morgan fingerprint density at radius 1 is 1.44 bits per heavy atom. The third kappa shape index (κ3) is 4.77. The Bertz CT molecular complexity index is 281. The number of alkyl halides is 1. The molecular weight excluding hydrogens is 233 g/mol. The van der Waals surface area contributed by atoms with Crippen molar-refractivity contribution in [1.29, 1.82) is 0 Å². The molecule has 0 spiro atoms. The summed E-state index contributed by atoms with van der Waals surface area (Å²) < 4.78 is 18.2. The highest BCUT2D eigenvalue weighted by Crippen LogP contribution is 2.36. The van der Waals surface area contributed by atoms with Crippen molar-refractivity contribution in [3.63, 3.8) is 0 Å². The fraction of sp³-hybridized carbons (Fsp3) is 0.786. The fourth-order valence-electron chi connectivity index (χ4n) is 2.57. The summed E-state index contributed by atoms with van der Waals surface area (Å²) in [5.41, 5.74) is 5.64. The normalized spacial score (nSPS) is 27.8. The Kier molecular flexibility index (Phi) is 6.94. The number of rotatable bonds is 7. The number of ether oxygens (including phenoxy) is 1. The maximum absolute atomic E-state index is 13.6. The summed E-state index contributed by atoms with van der Waals surface area (Å²) in [5, 5.41) is 0. The van der Waals surface area contributed by atoms with Gasteiger partial charge in [0.05, 0.1) is 7.11 Å². The van der Waals surface area contributed by atoms with E-state index in [2.05, 4.69) is 4.74 Å². The second-order valence-electron chi connectivity index (χ2n) is 4.93. The van der Waals surface area contributed by atoms with Gasteiger partial charge in [-0.15, -0.1) is 0 Å². The first-order valence-corrected chi connectivity index (χ1v) is 6.75. The van der Waals surface area contributed by atoms with Crippen LogP contribution in [0.4, 0.5) is 4.39 Å². The highest BCUT2D eigenvalue weighted by Gasteiger charge is 2.34. The SMILES string of the molecule is COC(=O)CCC/C=C\C[C@@H]1[C@@H](CN)CC[C@H]1F. The first kappa shape index (κ1) is 15.2. The molecule has 4 heteroatoms. The summed E-state index contributed by atoms with van der Waals surface area (Å²) in [6.07, 6.45) is 7.77. The van der Waals surface area contributed by atoms with Crippen LogP contribution in [0.1, 0.15) is 38.5 Å². The van der Waals surface area contributed by atoms with Gasteiger partial charge in [0, 0.05) is 6.42 Å².